The van der Waals surface area contributed by atoms with Crippen LogP contribution in [0.5, 0.6) is 0 Å². The molecule has 20 heavy (non-hydrogen) atoms. The van der Waals surface area contributed by atoms with Gasteiger partial charge in [-0.1, -0.05) is 18.2 Å². The summed E-state index contributed by atoms with van der Waals surface area (Å²) in [5, 5.41) is 0.976. The van der Waals surface area contributed by atoms with Gasteiger partial charge in [0, 0.05) is 37.4 Å². The van der Waals surface area contributed by atoms with Gasteiger partial charge >= 0.3 is 0 Å². The molecule has 0 unspecified atom stereocenters. The molecule has 0 fully saturated rings. The van der Waals surface area contributed by atoms with E-state index in [2.05, 4.69) is 0 Å². The molecule has 0 saturated carbocycles. The van der Waals surface area contributed by atoms with Gasteiger partial charge in [-0.3, -0.25) is 4.79 Å². The predicted molar refractivity (Wildman–Crippen MR) is 84.4 cm³/mol. The van der Waals surface area contributed by atoms with Gasteiger partial charge in [0.15, 0.2) is 0 Å². The molecule has 5 heteroatoms. The van der Waals surface area contributed by atoms with E-state index in [4.69, 9.17) is 10.5 Å². The maximum atomic E-state index is 12.5. The number of hydrogen-bond donors (Lipinski definition) is 1. The number of carbonyl (C=O) groups excluding carboxylic acids is 1. The molecule has 0 aliphatic heterocycles. The molecule has 1 aromatic carbocycles. The molecular weight excluding hydrogens is 272 g/mol. The van der Waals surface area contributed by atoms with E-state index in [9.17, 15) is 4.79 Å². The summed E-state index contributed by atoms with van der Waals surface area (Å²) in [4.78, 5) is 14.8. The van der Waals surface area contributed by atoms with Crippen molar-refractivity contribution in [3.8, 4) is 0 Å². The molecule has 0 radical (unpaired) electrons. The lowest BCUT2D eigenvalue weighted by atomic mass is 10.1. The van der Waals surface area contributed by atoms with Crippen LogP contribution in [0.3, 0.4) is 0 Å². The minimum atomic E-state index is -0.0146. The molecule has 0 saturated heterocycles. The van der Waals surface area contributed by atoms with E-state index in [0.717, 1.165) is 22.1 Å². The van der Waals surface area contributed by atoms with Crippen LogP contribution in [0.15, 0.2) is 18.2 Å². The topological polar surface area (TPSA) is 55.6 Å². The number of carbonyl (C=O) groups is 1. The number of methoxy groups -OCH3 is 1. The molecule has 1 amide bonds. The number of fused-ring (bicyclic) bond motifs is 1. The van der Waals surface area contributed by atoms with Crippen molar-refractivity contribution in [2.24, 2.45) is 0 Å². The molecule has 108 valence electrons. The van der Waals surface area contributed by atoms with Crippen LogP contribution in [0, 0.1) is 6.92 Å². The van der Waals surface area contributed by atoms with Crippen LogP contribution in [0.2, 0.25) is 0 Å². The average Bonchev–Trinajstić information content (AvgIpc) is 2.77. The maximum absolute atomic E-state index is 12.5. The number of amides is 1. The van der Waals surface area contributed by atoms with Gasteiger partial charge in [-0.2, -0.15) is 0 Å². The Morgan fingerprint density at radius 1 is 1.45 bits per heavy atom. The van der Waals surface area contributed by atoms with Crippen molar-refractivity contribution in [2.45, 2.75) is 13.3 Å². The summed E-state index contributed by atoms with van der Waals surface area (Å²) < 4.78 is 6.10. The summed E-state index contributed by atoms with van der Waals surface area (Å²) in [7, 11) is 3.46. The van der Waals surface area contributed by atoms with Crippen LogP contribution in [0.1, 0.15) is 21.7 Å². The number of anilines is 1. The molecular formula is C15H20N2O2S. The number of hydrogen-bond acceptors (Lipinski definition) is 4. The SMILES string of the molecule is COCCCN(C)C(=O)c1sc2c(C)cccc2c1N. The van der Waals surface area contributed by atoms with Gasteiger partial charge in [0.1, 0.15) is 4.88 Å². The molecule has 2 N–H and O–H groups in total. The maximum Gasteiger partial charge on any atom is 0.265 e. The van der Waals surface area contributed by atoms with Gasteiger partial charge < -0.3 is 15.4 Å². The molecule has 1 aromatic heterocycles. The Bertz CT molecular complexity index is 622. The Labute approximate surface area is 123 Å². The zero-order valence-corrected chi connectivity index (χ0v) is 12.9. The van der Waals surface area contributed by atoms with Gasteiger partial charge in [-0.05, 0) is 18.9 Å². The molecule has 0 spiro atoms. The van der Waals surface area contributed by atoms with Crippen LogP contribution >= 0.6 is 11.3 Å². The first-order chi connectivity index (χ1) is 9.56. The number of nitrogens with two attached hydrogens (primary N) is 1. The van der Waals surface area contributed by atoms with Crippen LogP contribution in [-0.4, -0.2) is 38.1 Å². The Hall–Kier alpha value is -1.59. The predicted octanol–water partition coefficient (Wildman–Crippen LogP) is 2.90. The van der Waals surface area contributed by atoms with E-state index in [1.807, 2.05) is 25.1 Å². The normalized spacial score (nSPS) is 10.9. The molecule has 0 bridgehead atoms. The molecule has 0 aliphatic carbocycles. The quantitative estimate of drug-likeness (QED) is 0.862. The third kappa shape index (κ3) is 2.78. The summed E-state index contributed by atoms with van der Waals surface area (Å²) in [5.74, 6) is -0.0146. The van der Waals surface area contributed by atoms with Crippen LogP contribution in [0.4, 0.5) is 5.69 Å². The summed E-state index contributed by atoms with van der Waals surface area (Å²) in [6.07, 6.45) is 0.822. The number of ether oxygens (including phenoxy) is 1. The monoisotopic (exact) mass is 292 g/mol. The number of benzene rings is 1. The van der Waals surface area contributed by atoms with Crippen molar-refractivity contribution in [2.75, 3.05) is 33.0 Å². The lowest BCUT2D eigenvalue weighted by molar-refractivity contribution is 0.0785. The molecule has 2 rings (SSSR count). The number of nitrogen functional groups attached to an aromatic ring is 1. The largest absolute Gasteiger partial charge is 0.397 e. The molecule has 0 atom stereocenters. The lowest BCUT2D eigenvalue weighted by Gasteiger charge is -2.16. The van der Waals surface area contributed by atoms with E-state index in [0.29, 0.717) is 23.7 Å². The first kappa shape index (κ1) is 14.8. The third-order valence-corrected chi connectivity index (χ3v) is 4.68. The van der Waals surface area contributed by atoms with E-state index in [-0.39, 0.29) is 5.91 Å². The smallest absolute Gasteiger partial charge is 0.265 e. The minimum absolute atomic E-state index is 0.0146. The van der Waals surface area contributed by atoms with E-state index in [1.165, 1.54) is 11.3 Å². The Morgan fingerprint density at radius 3 is 2.85 bits per heavy atom. The van der Waals surface area contributed by atoms with E-state index >= 15 is 0 Å². The summed E-state index contributed by atoms with van der Waals surface area (Å²) in [6, 6.07) is 5.97. The van der Waals surface area contributed by atoms with Crippen LogP contribution in [0.25, 0.3) is 10.1 Å². The van der Waals surface area contributed by atoms with Gasteiger partial charge in [-0.15, -0.1) is 11.3 Å². The summed E-state index contributed by atoms with van der Waals surface area (Å²) in [5.41, 5.74) is 7.89. The average molecular weight is 292 g/mol. The highest BCUT2D eigenvalue weighted by molar-refractivity contribution is 7.21. The van der Waals surface area contributed by atoms with Crippen molar-refractivity contribution >= 4 is 33.0 Å². The second kappa shape index (κ2) is 6.24. The molecule has 2 aromatic rings. The fraction of sp³-hybridized carbons (Fsp3) is 0.400. The van der Waals surface area contributed by atoms with E-state index < -0.39 is 0 Å². The van der Waals surface area contributed by atoms with Crippen molar-refractivity contribution in [3.05, 3.63) is 28.6 Å². The zero-order valence-electron chi connectivity index (χ0n) is 12.1. The Kier molecular flexibility index (Phi) is 4.62. The highest BCUT2D eigenvalue weighted by Crippen LogP contribution is 2.36. The van der Waals surface area contributed by atoms with Gasteiger partial charge in [0.25, 0.3) is 5.91 Å². The Morgan fingerprint density at radius 2 is 2.20 bits per heavy atom. The lowest BCUT2D eigenvalue weighted by Crippen LogP contribution is -2.28. The fourth-order valence-electron chi connectivity index (χ4n) is 2.16. The van der Waals surface area contributed by atoms with Gasteiger partial charge in [0.2, 0.25) is 0 Å². The Balaban J connectivity index is 2.26. The van der Waals surface area contributed by atoms with Crippen molar-refractivity contribution in [1.82, 2.24) is 4.90 Å². The van der Waals surface area contributed by atoms with Crippen molar-refractivity contribution in [3.63, 3.8) is 0 Å². The number of rotatable bonds is 5. The minimum Gasteiger partial charge on any atom is -0.397 e. The molecule has 0 aliphatic rings. The summed E-state index contributed by atoms with van der Waals surface area (Å²) in [6.45, 7) is 3.35. The van der Waals surface area contributed by atoms with Crippen LogP contribution < -0.4 is 5.73 Å². The number of aryl methyl sites for hydroxylation is 1. The molecule has 4 nitrogen and oxygen atoms in total. The third-order valence-electron chi connectivity index (χ3n) is 3.33. The first-order valence-electron chi connectivity index (χ1n) is 6.58. The standard InChI is InChI=1S/C15H20N2O2S/c1-10-6-4-7-11-12(16)14(20-13(10)11)15(18)17(2)8-5-9-19-3/h4,6-7H,5,8-9,16H2,1-3H3. The zero-order chi connectivity index (χ0) is 14.7. The first-order valence-corrected chi connectivity index (χ1v) is 7.40. The number of thiophene rings is 1. The molecule has 1 heterocycles. The van der Waals surface area contributed by atoms with Gasteiger partial charge in [-0.25, -0.2) is 0 Å². The number of nitrogens with zero attached hydrogens (tertiary/aromatic N) is 1. The van der Waals surface area contributed by atoms with Crippen molar-refractivity contribution < 1.29 is 9.53 Å². The van der Waals surface area contributed by atoms with Crippen molar-refractivity contribution in [1.29, 1.82) is 0 Å². The van der Waals surface area contributed by atoms with E-state index in [1.54, 1.807) is 19.1 Å². The van der Waals surface area contributed by atoms with Crippen LogP contribution in [-0.2, 0) is 4.74 Å². The fourth-order valence-corrected chi connectivity index (χ4v) is 3.34. The second-order valence-electron chi connectivity index (χ2n) is 4.87. The summed E-state index contributed by atoms with van der Waals surface area (Å²) >= 11 is 1.48. The highest BCUT2D eigenvalue weighted by Gasteiger charge is 2.20. The highest BCUT2D eigenvalue weighted by atomic mass is 32.1. The second-order valence-corrected chi connectivity index (χ2v) is 5.89. The van der Waals surface area contributed by atoms with Gasteiger partial charge in [0.05, 0.1) is 5.69 Å².